The van der Waals surface area contributed by atoms with Crippen LogP contribution in [0.15, 0.2) is 64.4 Å². The van der Waals surface area contributed by atoms with Crippen LogP contribution in [0.4, 0.5) is 5.13 Å². The van der Waals surface area contributed by atoms with Gasteiger partial charge in [0.2, 0.25) is 0 Å². The lowest BCUT2D eigenvalue weighted by Crippen LogP contribution is -2.17. The Morgan fingerprint density at radius 1 is 1.20 bits per heavy atom. The molecule has 0 saturated heterocycles. The van der Waals surface area contributed by atoms with Gasteiger partial charge in [-0.25, -0.2) is 15.0 Å². The SMILES string of the molecule is COC(=O)Cc1csc(NC(=O)c2cc(O[C@@H](C)Cc3ccccc3)cc(Sc3ncn[nH]3)n2)n1. The number of aromatic nitrogens is 5. The first-order valence-electron chi connectivity index (χ1n) is 10.6. The number of H-pyrrole nitrogens is 1. The summed E-state index contributed by atoms with van der Waals surface area (Å²) in [6, 6.07) is 13.4. The fourth-order valence-electron chi connectivity index (χ4n) is 3.11. The lowest BCUT2D eigenvalue weighted by atomic mass is 10.1. The minimum Gasteiger partial charge on any atom is -0.490 e. The highest BCUT2D eigenvalue weighted by atomic mass is 32.2. The Morgan fingerprint density at radius 3 is 2.77 bits per heavy atom. The first-order valence-corrected chi connectivity index (χ1v) is 12.3. The molecule has 0 aliphatic heterocycles. The number of anilines is 1. The van der Waals surface area contributed by atoms with Crippen LogP contribution in [0.25, 0.3) is 0 Å². The van der Waals surface area contributed by atoms with Crippen molar-refractivity contribution in [2.45, 2.75) is 36.1 Å². The molecule has 0 spiro atoms. The summed E-state index contributed by atoms with van der Waals surface area (Å²) in [6.07, 6.45) is 1.99. The lowest BCUT2D eigenvalue weighted by Gasteiger charge is -2.16. The van der Waals surface area contributed by atoms with E-state index in [1.54, 1.807) is 17.5 Å². The topological polar surface area (TPSA) is 132 Å². The van der Waals surface area contributed by atoms with Crippen molar-refractivity contribution in [3.63, 3.8) is 0 Å². The number of aromatic amines is 1. The van der Waals surface area contributed by atoms with E-state index in [4.69, 9.17) is 4.74 Å². The summed E-state index contributed by atoms with van der Waals surface area (Å²) in [6.45, 7) is 1.97. The van der Waals surface area contributed by atoms with Gasteiger partial charge in [0.15, 0.2) is 10.3 Å². The third-order valence-corrected chi connectivity index (χ3v) is 6.25. The van der Waals surface area contributed by atoms with Crippen LogP contribution < -0.4 is 10.1 Å². The molecule has 3 aromatic heterocycles. The number of hydrogen-bond donors (Lipinski definition) is 2. The zero-order valence-electron chi connectivity index (χ0n) is 18.9. The Labute approximate surface area is 209 Å². The number of hydrogen-bond acceptors (Lipinski definition) is 10. The van der Waals surface area contributed by atoms with Crippen LogP contribution in [0.2, 0.25) is 0 Å². The molecule has 0 aliphatic carbocycles. The summed E-state index contributed by atoms with van der Waals surface area (Å²) in [5.41, 5.74) is 1.81. The van der Waals surface area contributed by atoms with E-state index in [-0.39, 0.29) is 18.2 Å². The van der Waals surface area contributed by atoms with Gasteiger partial charge in [-0.2, -0.15) is 5.10 Å². The highest BCUT2D eigenvalue weighted by Gasteiger charge is 2.17. The predicted molar refractivity (Wildman–Crippen MR) is 131 cm³/mol. The molecule has 1 amide bonds. The fraction of sp³-hybridized carbons (Fsp3) is 0.217. The average molecular weight is 511 g/mol. The molecule has 0 unspecified atom stereocenters. The number of ether oxygens (including phenoxy) is 2. The molecule has 0 bridgehead atoms. The number of nitrogens with zero attached hydrogens (tertiary/aromatic N) is 4. The number of benzene rings is 1. The van der Waals surface area contributed by atoms with Crippen LogP contribution in [0, 0.1) is 0 Å². The monoisotopic (exact) mass is 510 g/mol. The largest absolute Gasteiger partial charge is 0.490 e. The number of amides is 1. The number of methoxy groups -OCH3 is 1. The summed E-state index contributed by atoms with van der Waals surface area (Å²) in [5.74, 6) is -0.357. The number of pyridine rings is 1. The van der Waals surface area contributed by atoms with E-state index >= 15 is 0 Å². The molecular formula is C23H22N6O4S2. The molecule has 0 fully saturated rings. The lowest BCUT2D eigenvalue weighted by molar-refractivity contribution is -0.139. The second-order valence-electron chi connectivity index (χ2n) is 7.39. The molecule has 2 N–H and O–H groups in total. The smallest absolute Gasteiger partial charge is 0.311 e. The van der Waals surface area contributed by atoms with Gasteiger partial charge in [0, 0.05) is 23.9 Å². The van der Waals surface area contributed by atoms with Crippen LogP contribution in [-0.2, 0) is 22.4 Å². The van der Waals surface area contributed by atoms with Crippen molar-refractivity contribution in [3.05, 3.63) is 71.1 Å². The number of nitrogens with one attached hydrogen (secondary N) is 2. The number of carbonyl (C=O) groups excluding carboxylic acids is 2. The predicted octanol–water partition coefficient (Wildman–Crippen LogP) is 3.79. The van der Waals surface area contributed by atoms with Crippen molar-refractivity contribution < 1.29 is 19.1 Å². The van der Waals surface area contributed by atoms with Crippen molar-refractivity contribution >= 4 is 40.1 Å². The minimum atomic E-state index is -0.454. The van der Waals surface area contributed by atoms with Gasteiger partial charge in [-0.15, -0.1) is 11.3 Å². The summed E-state index contributed by atoms with van der Waals surface area (Å²) >= 11 is 2.44. The van der Waals surface area contributed by atoms with Gasteiger partial charge in [0.05, 0.1) is 25.3 Å². The molecule has 1 atom stereocenters. The molecule has 1 aromatic carbocycles. The van der Waals surface area contributed by atoms with Crippen molar-refractivity contribution in [3.8, 4) is 5.75 Å². The molecule has 4 aromatic rings. The van der Waals surface area contributed by atoms with Gasteiger partial charge < -0.3 is 9.47 Å². The van der Waals surface area contributed by atoms with Crippen LogP contribution in [0.3, 0.4) is 0 Å². The third-order valence-electron chi connectivity index (χ3n) is 4.63. The van der Waals surface area contributed by atoms with Crippen LogP contribution in [0.1, 0.15) is 28.7 Å². The molecule has 4 rings (SSSR count). The Hall–Kier alpha value is -3.77. The van der Waals surface area contributed by atoms with E-state index in [1.807, 2.05) is 37.3 Å². The Kier molecular flexibility index (Phi) is 8.06. The molecular weight excluding hydrogens is 488 g/mol. The van der Waals surface area contributed by atoms with Crippen molar-refractivity contribution in [2.24, 2.45) is 0 Å². The molecule has 0 radical (unpaired) electrons. The van der Waals surface area contributed by atoms with Gasteiger partial charge in [-0.3, -0.25) is 20.0 Å². The van der Waals surface area contributed by atoms with E-state index in [2.05, 4.69) is 35.2 Å². The Balaban J connectivity index is 1.51. The first-order chi connectivity index (χ1) is 17.0. The molecule has 10 nitrogen and oxygen atoms in total. The normalized spacial score (nSPS) is 11.6. The summed E-state index contributed by atoms with van der Waals surface area (Å²) in [7, 11) is 1.31. The number of esters is 1. The zero-order chi connectivity index (χ0) is 24.6. The molecule has 0 aliphatic rings. The second kappa shape index (κ2) is 11.6. The van der Waals surface area contributed by atoms with Crippen LogP contribution in [0.5, 0.6) is 5.75 Å². The van der Waals surface area contributed by atoms with E-state index in [1.165, 1.54) is 36.5 Å². The maximum atomic E-state index is 13.0. The van der Waals surface area contributed by atoms with Gasteiger partial charge >= 0.3 is 5.97 Å². The third kappa shape index (κ3) is 7.11. The van der Waals surface area contributed by atoms with Crippen molar-refractivity contribution in [2.75, 3.05) is 12.4 Å². The number of carbonyl (C=O) groups is 2. The fourth-order valence-corrected chi connectivity index (χ4v) is 4.53. The molecule has 180 valence electrons. The maximum absolute atomic E-state index is 13.0. The van der Waals surface area contributed by atoms with Crippen molar-refractivity contribution in [1.82, 2.24) is 25.1 Å². The first kappa shape index (κ1) is 24.4. The summed E-state index contributed by atoms with van der Waals surface area (Å²) < 4.78 is 10.8. The van der Waals surface area contributed by atoms with Crippen LogP contribution in [-0.4, -0.2) is 50.2 Å². The number of thiazole rings is 1. The van der Waals surface area contributed by atoms with Gasteiger partial charge in [-0.1, -0.05) is 30.3 Å². The van der Waals surface area contributed by atoms with Gasteiger partial charge in [0.1, 0.15) is 22.8 Å². The molecule has 0 saturated carbocycles. The standard InChI is InChI=1S/C23H22N6O4S2/c1-14(8-15-6-4-3-5-7-15)33-17-10-18(27-19(11-17)35-22-24-13-25-29-22)21(31)28-23-26-16(12-34-23)9-20(30)32-2/h3-7,10-14H,8-9H2,1-2H3,(H,24,25,29)(H,26,28,31)/t14-/m0/s1. The molecule has 35 heavy (non-hydrogen) atoms. The number of rotatable bonds is 10. The highest BCUT2D eigenvalue weighted by molar-refractivity contribution is 7.99. The van der Waals surface area contributed by atoms with E-state index in [0.29, 0.717) is 33.2 Å². The second-order valence-corrected chi connectivity index (χ2v) is 9.26. The van der Waals surface area contributed by atoms with E-state index in [0.717, 1.165) is 5.56 Å². The Bertz CT molecular complexity index is 1280. The van der Waals surface area contributed by atoms with E-state index in [9.17, 15) is 9.59 Å². The Morgan fingerprint density at radius 2 is 2.03 bits per heavy atom. The quantitative estimate of drug-likeness (QED) is 0.306. The summed E-state index contributed by atoms with van der Waals surface area (Å²) in [4.78, 5) is 37.3. The van der Waals surface area contributed by atoms with Gasteiger partial charge in [0.25, 0.3) is 5.91 Å². The minimum absolute atomic E-state index is 0.0295. The maximum Gasteiger partial charge on any atom is 0.311 e. The van der Waals surface area contributed by atoms with Gasteiger partial charge in [-0.05, 0) is 24.2 Å². The van der Waals surface area contributed by atoms with E-state index < -0.39 is 11.9 Å². The summed E-state index contributed by atoms with van der Waals surface area (Å²) in [5, 5.41) is 12.4. The zero-order valence-corrected chi connectivity index (χ0v) is 20.6. The molecule has 3 heterocycles. The van der Waals surface area contributed by atoms with Crippen LogP contribution >= 0.6 is 23.1 Å². The highest BCUT2D eigenvalue weighted by Crippen LogP contribution is 2.28. The average Bonchev–Trinajstić information content (AvgIpc) is 3.51. The van der Waals surface area contributed by atoms with Crippen molar-refractivity contribution in [1.29, 1.82) is 0 Å². The molecule has 12 heteroatoms.